The second-order valence-electron chi connectivity index (χ2n) is 7.75. The van der Waals surface area contributed by atoms with Crippen LogP contribution in [0.2, 0.25) is 0 Å². The lowest BCUT2D eigenvalue weighted by Crippen LogP contribution is -2.35. The molecule has 0 aromatic heterocycles. The zero-order chi connectivity index (χ0) is 24.1. The molecule has 4 rings (SSSR count). The van der Waals surface area contributed by atoms with Gasteiger partial charge in [0.15, 0.2) is 11.5 Å². The molecule has 2 saturated heterocycles. The number of benzene rings is 2. The lowest BCUT2D eigenvalue weighted by Gasteiger charge is -2.18. The molecule has 0 bridgehead atoms. The molecule has 34 heavy (non-hydrogen) atoms. The third-order valence-corrected chi connectivity index (χ3v) is 7.60. The summed E-state index contributed by atoms with van der Waals surface area (Å²) in [4.78, 5) is 15.2. The number of rotatable bonds is 8. The van der Waals surface area contributed by atoms with Gasteiger partial charge in [-0.25, -0.2) is 0 Å². The Morgan fingerprint density at radius 3 is 2.91 bits per heavy atom. The Bertz CT molecular complexity index is 1170. The second-order valence-corrected chi connectivity index (χ2v) is 10.6. The average Bonchev–Trinajstić information content (AvgIpc) is 3.43. The van der Waals surface area contributed by atoms with Gasteiger partial charge < -0.3 is 14.2 Å². The third kappa shape index (κ3) is 5.74. The largest absolute Gasteiger partial charge is 0.490 e. The Balaban J connectivity index is 1.55. The van der Waals surface area contributed by atoms with E-state index in [1.807, 2.05) is 43.3 Å². The van der Waals surface area contributed by atoms with Crippen LogP contribution in [0.1, 0.15) is 36.5 Å². The number of thioether (sulfide) groups is 1. The molecule has 6 nitrogen and oxygen atoms in total. The Labute approximate surface area is 222 Å². The van der Waals surface area contributed by atoms with E-state index < -0.39 is 0 Å². The predicted octanol–water partition coefficient (Wildman–Crippen LogP) is 5.52. The summed E-state index contributed by atoms with van der Waals surface area (Å²) in [6.07, 6.45) is 3.86. The highest BCUT2D eigenvalue weighted by molar-refractivity contribution is 14.1. The Hall–Kier alpha value is -2.13. The minimum atomic E-state index is -0.0908. The van der Waals surface area contributed by atoms with Gasteiger partial charge in [0.25, 0.3) is 5.91 Å². The molecule has 0 radical (unpaired) electrons. The fraction of sp³-hybridized carbons (Fsp3) is 0.320. The fourth-order valence-corrected chi connectivity index (χ4v) is 5.84. The summed E-state index contributed by atoms with van der Waals surface area (Å²) in [5.74, 6) is 1.11. The van der Waals surface area contributed by atoms with Crippen molar-refractivity contribution >= 4 is 62.9 Å². The minimum absolute atomic E-state index is 0.0509. The molecule has 0 aliphatic carbocycles. The van der Waals surface area contributed by atoms with Crippen LogP contribution in [0.4, 0.5) is 0 Å². The molecule has 0 spiro atoms. The van der Waals surface area contributed by atoms with E-state index in [0.29, 0.717) is 39.4 Å². The van der Waals surface area contributed by atoms with E-state index in [2.05, 4.69) is 28.7 Å². The van der Waals surface area contributed by atoms with Gasteiger partial charge in [-0.3, -0.25) is 9.69 Å². The normalized spacial score (nSPS) is 19.0. The van der Waals surface area contributed by atoms with Gasteiger partial charge >= 0.3 is 0 Å². The van der Waals surface area contributed by atoms with Gasteiger partial charge in [-0.2, -0.15) is 5.26 Å². The lowest BCUT2D eigenvalue weighted by molar-refractivity contribution is -0.123. The smallest absolute Gasteiger partial charge is 0.266 e. The van der Waals surface area contributed by atoms with E-state index >= 15 is 0 Å². The van der Waals surface area contributed by atoms with Crippen LogP contribution in [0.15, 0.2) is 41.3 Å². The molecule has 2 aromatic carbocycles. The highest BCUT2D eigenvalue weighted by atomic mass is 127. The molecular weight excluding hydrogens is 583 g/mol. The number of amides is 1. The quantitative estimate of drug-likeness (QED) is 0.223. The maximum Gasteiger partial charge on any atom is 0.266 e. The van der Waals surface area contributed by atoms with Crippen molar-refractivity contribution in [2.45, 2.75) is 32.5 Å². The molecule has 2 aromatic rings. The highest BCUT2D eigenvalue weighted by Crippen LogP contribution is 2.38. The van der Waals surface area contributed by atoms with E-state index in [4.69, 9.17) is 26.4 Å². The first-order valence-corrected chi connectivity index (χ1v) is 13.2. The van der Waals surface area contributed by atoms with Crippen LogP contribution in [-0.4, -0.2) is 41.0 Å². The summed E-state index contributed by atoms with van der Waals surface area (Å²) >= 11 is 8.97. The third-order valence-electron chi connectivity index (χ3n) is 5.42. The molecule has 2 aliphatic rings. The van der Waals surface area contributed by atoms with E-state index in [0.717, 1.165) is 34.1 Å². The summed E-state index contributed by atoms with van der Waals surface area (Å²) in [6.45, 7) is 3.87. The topological polar surface area (TPSA) is 71.8 Å². The van der Waals surface area contributed by atoms with Gasteiger partial charge in [0.05, 0.1) is 39.4 Å². The molecule has 1 amide bonds. The van der Waals surface area contributed by atoms with E-state index in [-0.39, 0.29) is 18.6 Å². The Morgan fingerprint density at radius 2 is 2.18 bits per heavy atom. The molecule has 0 N–H and O–H groups in total. The van der Waals surface area contributed by atoms with Crippen molar-refractivity contribution in [3.8, 4) is 17.6 Å². The van der Waals surface area contributed by atoms with Crippen molar-refractivity contribution in [3.63, 3.8) is 0 Å². The number of hydrogen-bond acceptors (Lipinski definition) is 7. The van der Waals surface area contributed by atoms with Crippen molar-refractivity contribution in [1.29, 1.82) is 5.26 Å². The van der Waals surface area contributed by atoms with Crippen LogP contribution in [0.5, 0.6) is 11.5 Å². The lowest BCUT2D eigenvalue weighted by atomic mass is 10.1. The van der Waals surface area contributed by atoms with E-state index in [1.54, 1.807) is 11.0 Å². The van der Waals surface area contributed by atoms with Crippen LogP contribution in [0, 0.1) is 14.9 Å². The first-order valence-electron chi connectivity index (χ1n) is 10.9. The van der Waals surface area contributed by atoms with Crippen molar-refractivity contribution < 1.29 is 19.0 Å². The first kappa shape index (κ1) is 25.0. The monoisotopic (exact) mass is 606 g/mol. The molecule has 9 heteroatoms. The number of thiocarbonyl (C=S) groups is 1. The van der Waals surface area contributed by atoms with Crippen molar-refractivity contribution in [3.05, 3.63) is 61.6 Å². The average molecular weight is 607 g/mol. The van der Waals surface area contributed by atoms with Crippen LogP contribution < -0.4 is 9.47 Å². The first-order chi connectivity index (χ1) is 16.5. The van der Waals surface area contributed by atoms with E-state index in [9.17, 15) is 10.1 Å². The number of carbonyl (C=O) groups excluding carboxylic acids is 1. The number of nitriles is 1. The van der Waals surface area contributed by atoms with Crippen LogP contribution >= 0.6 is 46.6 Å². The van der Waals surface area contributed by atoms with Crippen molar-refractivity contribution in [1.82, 2.24) is 4.90 Å². The van der Waals surface area contributed by atoms with Gasteiger partial charge in [-0.15, -0.1) is 0 Å². The summed E-state index contributed by atoms with van der Waals surface area (Å²) in [6, 6.07) is 13.4. The highest BCUT2D eigenvalue weighted by Gasteiger charge is 2.34. The molecular formula is C25H23IN2O4S2. The summed E-state index contributed by atoms with van der Waals surface area (Å²) in [5.41, 5.74) is 2.22. The summed E-state index contributed by atoms with van der Waals surface area (Å²) < 4.78 is 19.0. The number of hydrogen-bond donors (Lipinski definition) is 0. The molecule has 1 atom stereocenters. The number of nitrogens with zero attached hydrogens (tertiary/aromatic N) is 2. The molecule has 2 aliphatic heterocycles. The van der Waals surface area contributed by atoms with Gasteiger partial charge in [-0.05, 0) is 72.2 Å². The summed E-state index contributed by atoms with van der Waals surface area (Å²) in [5, 5.41) is 9.33. The molecule has 0 unspecified atom stereocenters. The van der Waals surface area contributed by atoms with E-state index in [1.165, 1.54) is 11.8 Å². The predicted molar refractivity (Wildman–Crippen MR) is 145 cm³/mol. The fourth-order valence-electron chi connectivity index (χ4n) is 3.78. The van der Waals surface area contributed by atoms with Crippen LogP contribution in [-0.2, 0) is 16.1 Å². The van der Waals surface area contributed by atoms with Crippen molar-refractivity contribution in [2.24, 2.45) is 0 Å². The maximum atomic E-state index is 13.0. The van der Waals surface area contributed by atoms with Gasteiger partial charge in [0, 0.05) is 12.2 Å². The minimum Gasteiger partial charge on any atom is -0.490 e. The maximum absolute atomic E-state index is 13.0. The van der Waals surface area contributed by atoms with Crippen LogP contribution in [0.25, 0.3) is 6.08 Å². The molecule has 0 saturated carbocycles. The number of ether oxygens (including phenoxy) is 3. The summed E-state index contributed by atoms with van der Waals surface area (Å²) in [7, 11) is 0. The Kier molecular flexibility index (Phi) is 8.47. The molecule has 2 heterocycles. The van der Waals surface area contributed by atoms with Gasteiger partial charge in [0.1, 0.15) is 10.9 Å². The SMILES string of the molecule is CCOc1cc(/C=C2\SC(=S)N(C[C@H]3CCCO3)C2=O)cc(I)c1OCc1ccccc1C#N. The molecule has 2 fully saturated rings. The number of carbonyl (C=O) groups is 1. The van der Waals surface area contributed by atoms with Gasteiger partial charge in [0.2, 0.25) is 0 Å². The standard InChI is InChI=1S/C25H23IN2O4S2/c1-2-30-21-11-16(10-20(26)23(21)32-15-18-7-4-3-6-17(18)13-27)12-22-24(29)28(25(33)34-22)14-19-8-5-9-31-19/h3-4,6-7,10-12,19H,2,5,8-9,14-15H2,1H3/b22-12-/t19-/m1/s1. The molecule has 176 valence electrons. The van der Waals surface area contributed by atoms with Crippen molar-refractivity contribution in [2.75, 3.05) is 19.8 Å². The number of halogens is 1. The zero-order valence-electron chi connectivity index (χ0n) is 18.6. The Morgan fingerprint density at radius 1 is 1.35 bits per heavy atom. The van der Waals surface area contributed by atoms with Gasteiger partial charge in [-0.1, -0.05) is 42.2 Å². The second kappa shape index (κ2) is 11.5. The zero-order valence-corrected chi connectivity index (χ0v) is 22.4. The van der Waals surface area contributed by atoms with Crippen LogP contribution in [0.3, 0.4) is 0 Å².